The topological polar surface area (TPSA) is 199 Å². The number of hydrogen-bond donors (Lipinski definition) is 8. The molecular weight excluding hydrogens is 516 g/mol. The number of ether oxygens (including phenoxy) is 4. The number of aliphatic hydroxyl groups is 8. The molecule has 4 aliphatic rings. The van der Waals surface area contributed by atoms with Crippen molar-refractivity contribution in [2.24, 2.45) is 17.3 Å². The average molecular weight is 563 g/mol. The normalized spacial score (nSPS) is 49.5. The SMILES string of the molecule is C=C1C[C@H](O[C@H]2O[C@@H](CO)[C@H](O)[C@@H](O)[C@@H]2O)C[C@@]2(C)CC[C@@H](C(C)(C)O[C@H]3O[C@@H](CO)[C@H](O)[C@@H](O)[C@@H]3O)C[C@@H]12. The largest absolute Gasteiger partial charge is 0.394 e. The second kappa shape index (κ2) is 11.9. The van der Waals surface area contributed by atoms with Crippen molar-refractivity contribution in [3.63, 3.8) is 0 Å². The zero-order valence-electron chi connectivity index (χ0n) is 22.9. The van der Waals surface area contributed by atoms with Gasteiger partial charge in [0.25, 0.3) is 0 Å². The fraction of sp³-hybridized carbons (Fsp3) is 0.926. The van der Waals surface area contributed by atoms with Crippen LogP contribution in [0.2, 0.25) is 0 Å². The summed E-state index contributed by atoms with van der Waals surface area (Å²) in [6.45, 7) is 9.27. The van der Waals surface area contributed by atoms with Gasteiger partial charge in [0.15, 0.2) is 12.6 Å². The van der Waals surface area contributed by atoms with Crippen molar-refractivity contribution in [1.29, 1.82) is 0 Å². The molecule has 0 aromatic rings. The summed E-state index contributed by atoms with van der Waals surface area (Å²) >= 11 is 0. The molecule has 2 aliphatic heterocycles. The zero-order chi connectivity index (χ0) is 28.9. The Bertz CT molecular complexity index is 851. The lowest BCUT2D eigenvalue weighted by Crippen LogP contribution is -2.61. The minimum absolute atomic E-state index is 0.0580. The number of aliphatic hydroxyl groups excluding tert-OH is 8. The quantitative estimate of drug-likeness (QED) is 0.133. The summed E-state index contributed by atoms with van der Waals surface area (Å²) in [4.78, 5) is 0. The molecule has 4 fully saturated rings. The number of rotatable bonds is 7. The molecule has 2 saturated heterocycles. The van der Waals surface area contributed by atoms with E-state index in [1.807, 2.05) is 13.8 Å². The van der Waals surface area contributed by atoms with E-state index in [0.29, 0.717) is 12.8 Å². The Hall–Kier alpha value is -0.740. The van der Waals surface area contributed by atoms with Gasteiger partial charge >= 0.3 is 0 Å². The molecule has 12 nitrogen and oxygen atoms in total. The van der Waals surface area contributed by atoms with Gasteiger partial charge in [0.2, 0.25) is 0 Å². The summed E-state index contributed by atoms with van der Waals surface area (Å²) in [7, 11) is 0. The summed E-state index contributed by atoms with van der Waals surface area (Å²) in [5.41, 5.74) is 0.0506. The fourth-order valence-electron chi connectivity index (χ4n) is 6.95. The Kier molecular flexibility index (Phi) is 9.49. The average Bonchev–Trinajstić information content (AvgIpc) is 2.88. The summed E-state index contributed by atoms with van der Waals surface area (Å²) in [6.07, 6.45) is -10.1. The van der Waals surface area contributed by atoms with Crippen molar-refractivity contribution in [2.75, 3.05) is 13.2 Å². The predicted octanol–water partition coefficient (Wildman–Crippen LogP) is -1.46. The Morgan fingerprint density at radius 3 is 1.97 bits per heavy atom. The van der Waals surface area contributed by atoms with E-state index < -0.39 is 80.2 Å². The van der Waals surface area contributed by atoms with Crippen LogP contribution < -0.4 is 0 Å². The van der Waals surface area contributed by atoms with Crippen LogP contribution in [0, 0.1) is 17.3 Å². The maximum absolute atomic E-state index is 10.5. The first-order chi connectivity index (χ1) is 18.2. The van der Waals surface area contributed by atoms with Crippen LogP contribution in [-0.2, 0) is 18.9 Å². The molecule has 226 valence electrons. The standard InChI is InChI=1S/C27H46O12/c1-12-7-14(36-24-22(34)20(32)18(30)16(10-28)37-24)9-27(4)6-5-13(8-15(12)27)26(2,3)39-25-23(35)21(33)19(31)17(11-29)38-25/h13-25,28-35H,1,5-11H2,2-4H3/t13-,14+,15+,16+,17+,18+,19+,20-,21-,22+,23+,24+,25-,27-/m1/s1. The van der Waals surface area contributed by atoms with Crippen LogP contribution in [-0.4, -0.2) is 127 Å². The highest BCUT2D eigenvalue weighted by molar-refractivity contribution is 5.16. The van der Waals surface area contributed by atoms with E-state index >= 15 is 0 Å². The van der Waals surface area contributed by atoms with Crippen molar-refractivity contribution in [3.8, 4) is 0 Å². The monoisotopic (exact) mass is 562 g/mol. The van der Waals surface area contributed by atoms with Gasteiger partial charge in [0, 0.05) is 0 Å². The maximum atomic E-state index is 10.5. The minimum Gasteiger partial charge on any atom is -0.394 e. The lowest BCUT2D eigenvalue weighted by Gasteiger charge is -2.54. The van der Waals surface area contributed by atoms with E-state index in [-0.39, 0.29) is 23.4 Å². The molecule has 12 heteroatoms. The molecule has 0 aromatic carbocycles. The Morgan fingerprint density at radius 2 is 1.41 bits per heavy atom. The molecule has 0 unspecified atom stereocenters. The maximum Gasteiger partial charge on any atom is 0.187 e. The minimum atomic E-state index is -1.51. The smallest absolute Gasteiger partial charge is 0.187 e. The van der Waals surface area contributed by atoms with Crippen LogP contribution in [0.5, 0.6) is 0 Å². The first kappa shape index (κ1) is 31.2. The van der Waals surface area contributed by atoms with Crippen LogP contribution in [0.4, 0.5) is 0 Å². The van der Waals surface area contributed by atoms with Gasteiger partial charge in [-0.3, -0.25) is 0 Å². The molecular formula is C27H46O12. The molecule has 0 amide bonds. The Morgan fingerprint density at radius 1 is 0.872 bits per heavy atom. The molecule has 4 rings (SSSR count). The second-order valence-electron chi connectivity index (χ2n) is 12.6. The van der Waals surface area contributed by atoms with Crippen molar-refractivity contribution >= 4 is 0 Å². The van der Waals surface area contributed by atoms with Gasteiger partial charge in [-0.25, -0.2) is 0 Å². The highest BCUT2D eigenvalue weighted by Crippen LogP contribution is 2.56. The molecule has 0 radical (unpaired) electrons. The molecule has 39 heavy (non-hydrogen) atoms. The molecule has 8 N–H and O–H groups in total. The molecule has 2 aliphatic carbocycles. The fourth-order valence-corrected chi connectivity index (χ4v) is 6.95. The first-order valence-electron chi connectivity index (χ1n) is 13.8. The third kappa shape index (κ3) is 6.08. The van der Waals surface area contributed by atoms with Crippen LogP contribution in [0.15, 0.2) is 12.2 Å². The Balaban J connectivity index is 1.39. The van der Waals surface area contributed by atoms with Crippen molar-refractivity contribution in [3.05, 3.63) is 12.2 Å². The molecule has 0 aromatic heterocycles. The first-order valence-corrected chi connectivity index (χ1v) is 13.8. The van der Waals surface area contributed by atoms with Crippen LogP contribution >= 0.6 is 0 Å². The highest BCUT2D eigenvalue weighted by atomic mass is 16.7. The summed E-state index contributed by atoms with van der Waals surface area (Å²) in [5.74, 6) is 0.200. The zero-order valence-corrected chi connectivity index (χ0v) is 22.9. The van der Waals surface area contributed by atoms with E-state index in [1.165, 1.54) is 0 Å². The second-order valence-corrected chi connectivity index (χ2v) is 12.6. The van der Waals surface area contributed by atoms with Gasteiger partial charge < -0.3 is 59.8 Å². The van der Waals surface area contributed by atoms with E-state index in [1.54, 1.807) is 0 Å². The van der Waals surface area contributed by atoms with Crippen LogP contribution in [0.1, 0.15) is 52.9 Å². The van der Waals surface area contributed by atoms with Crippen LogP contribution in [0.25, 0.3) is 0 Å². The molecule has 2 saturated carbocycles. The third-order valence-electron chi connectivity index (χ3n) is 9.53. The van der Waals surface area contributed by atoms with E-state index in [2.05, 4.69) is 13.5 Å². The molecule has 2 heterocycles. The third-order valence-corrected chi connectivity index (χ3v) is 9.53. The highest BCUT2D eigenvalue weighted by Gasteiger charge is 2.53. The van der Waals surface area contributed by atoms with Gasteiger partial charge in [0.05, 0.1) is 24.9 Å². The van der Waals surface area contributed by atoms with E-state index in [4.69, 9.17) is 18.9 Å². The van der Waals surface area contributed by atoms with Crippen LogP contribution in [0.3, 0.4) is 0 Å². The molecule has 14 atom stereocenters. The molecule has 0 bridgehead atoms. The lowest BCUT2D eigenvalue weighted by atomic mass is 9.54. The number of hydrogen-bond acceptors (Lipinski definition) is 12. The summed E-state index contributed by atoms with van der Waals surface area (Å²) in [5, 5.41) is 80.2. The van der Waals surface area contributed by atoms with Gasteiger partial charge in [-0.1, -0.05) is 19.1 Å². The van der Waals surface area contributed by atoms with Gasteiger partial charge in [-0.15, -0.1) is 0 Å². The summed E-state index contributed by atoms with van der Waals surface area (Å²) in [6, 6.07) is 0. The van der Waals surface area contributed by atoms with E-state index in [0.717, 1.165) is 24.8 Å². The lowest BCUT2D eigenvalue weighted by molar-refractivity contribution is -0.330. The van der Waals surface area contributed by atoms with Crippen molar-refractivity contribution in [2.45, 2.75) is 126 Å². The summed E-state index contributed by atoms with van der Waals surface area (Å²) < 4.78 is 23.4. The number of fused-ring (bicyclic) bond motifs is 1. The van der Waals surface area contributed by atoms with Gasteiger partial charge in [-0.2, -0.15) is 0 Å². The van der Waals surface area contributed by atoms with Gasteiger partial charge in [-0.05, 0) is 63.2 Å². The van der Waals surface area contributed by atoms with Gasteiger partial charge in [0.1, 0.15) is 48.8 Å². The van der Waals surface area contributed by atoms with Crippen molar-refractivity contribution < 1.29 is 59.8 Å². The predicted molar refractivity (Wildman–Crippen MR) is 135 cm³/mol. The Labute approximate surface area is 228 Å². The van der Waals surface area contributed by atoms with Crippen molar-refractivity contribution in [1.82, 2.24) is 0 Å². The van der Waals surface area contributed by atoms with E-state index in [9.17, 15) is 40.9 Å². The molecule has 0 spiro atoms.